The van der Waals surface area contributed by atoms with Crippen molar-refractivity contribution in [2.24, 2.45) is 0 Å². The first-order chi connectivity index (χ1) is 0. The first-order valence-electron chi connectivity index (χ1n) is 0. The summed E-state index contributed by atoms with van der Waals surface area (Å²) in [5.74, 6) is 0. The van der Waals surface area contributed by atoms with Crippen molar-refractivity contribution in [3.8, 4) is 0 Å². The second-order valence-electron chi connectivity index (χ2n) is 0. The zero-order valence-corrected chi connectivity index (χ0v) is 10.3. The van der Waals surface area contributed by atoms with Gasteiger partial charge < -0.3 is 18.8 Å². The fraction of sp³-hybridized carbons (Fsp3) is 0. The van der Waals surface area contributed by atoms with Crippen LogP contribution >= 0.6 is 0 Å². The molecular weight excluding hydrogens is 286 g/mol. The fourth-order valence-corrected chi connectivity index (χ4v) is 0. The summed E-state index contributed by atoms with van der Waals surface area (Å²) in [4.78, 5) is 0. The van der Waals surface area contributed by atoms with Gasteiger partial charge >= 0.3 is 66.5 Å². The van der Waals surface area contributed by atoms with Gasteiger partial charge in [-0.15, -0.1) is 0 Å². The molecule has 0 nitrogen and oxygen atoms in total. The summed E-state index contributed by atoms with van der Waals surface area (Å²) in [6.45, 7) is 0. The summed E-state index contributed by atoms with van der Waals surface area (Å²) >= 11 is 0. The van der Waals surface area contributed by atoms with Gasteiger partial charge in [-0.2, -0.15) is 0 Å². The van der Waals surface area contributed by atoms with Crippen molar-refractivity contribution >= 4 is 66.5 Å². The van der Waals surface area contributed by atoms with Crippen molar-refractivity contribution in [1.29, 1.82) is 0 Å². The molecule has 0 unspecified atom stereocenters. The van der Waals surface area contributed by atoms with Gasteiger partial charge in [0.1, 0.15) is 0 Å². The molecule has 0 bridgehead atoms. The van der Waals surface area contributed by atoms with E-state index in [0.29, 0.717) is 0 Å². The van der Waals surface area contributed by atoms with Crippen LogP contribution < -0.4 is 18.8 Å². The summed E-state index contributed by atoms with van der Waals surface area (Å²) in [6.07, 6.45) is 0. The van der Waals surface area contributed by atoms with Gasteiger partial charge in [-0.25, -0.2) is 0 Å². The van der Waals surface area contributed by atoms with Gasteiger partial charge in [-0.1, -0.05) is 0 Å². The molecule has 0 atom stereocenters. The van der Waals surface area contributed by atoms with Crippen LogP contribution in [0.3, 0.4) is 0 Å². The van der Waals surface area contributed by atoms with Crippen molar-refractivity contribution < 1.29 is 18.8 Å². The average molecular weight is 288 g/mol. The van der Waals surface area contributed by atoms with Crippen LogP contribution in [-0.2, 0) is 0 Å². The summed E-state index contributed by atoms with van der Waals surface area (Å²) in [7, 11) is 0. The first-order valence-corrected chi connectivity index (χ1v) is 0. The van der Waals surface area contributed by atoms with E-state index >= 15 is 0 Å². The molecule has 6 heteroatoms. The molecule has 0 saturated heterocycles. The normalized spacial score (nSPS) is 0. The molecule has 0 rings (SSSR count). The Kier molecular flexibility index (Phi) is 1250. The van der Waals surface area contributed by atoms with Crippen LogP contribution in [0, 0.1) is 0 Å². The molecular formula is H2BaF4Ge. The number of hydrogen-bond donors (Lipinski definition) is 0. The predicted molar refractivity (Wildman–Crippen MR) is 14.3 cm³/mol. The minimum absolute atomic E-state index is 0. The number of rotatable bonds is 0. The van der Waals surface area contributed by atoms with Gasteiger partial charge in [-0.05, 0) is 0 Å². The van der Waals surface area contributed by atoms with Crippen molar-refractivity contribution in [3.05, 3.63) is 0 Å². The quantitative estimate of drug-likeness (QED) is 0.307. The Morgan fingerprint density at radius 3 is 0.500 bits per heavy atom. The van der Waals surface area contributed by atoms with Crippen molar-refractivity contribution in [2.75, 3.05) is 0 Å². The molecule has 0 radical (unpaired) electrons. The standard InChI is InChI=1S/Ba.4FH.GeH2/h;4*1H;1H2/q+2;;;;;+2/p-4. The molecule has 0 aromatic heterocycles. The summed E-state index contributed by atoms with van der Waals surface area (Å²) in [6, 6.07) is 0. The maximum atomic E-state index is 0. The molecule has 0 N–H and O–H groups in total. The molecule has 0 spiro atoms. The number of hydrogen-bond acceptors (Lipinski definition) is 0. The molecule has 0 aliphatic carbocycles. The van der Waals surface area contributed by atoms with E-state index in [4.69, 9.17) is 0 Å². The van der Waals surface area contributed by atoms with Crippen LogP contribution in [0.4, 0.5) is 0 Å². The average Bonchev–Trinajstić information content (AvgIpc) is 0. The zero-order valence-electron chi connectivity index (χ0n) is 2.93. The van der Waals surface area contributed by atoms with Crippen LogP contribution in [0.2, 0.25) is 0 Å². The van der Waals surface area contributed by atoms with E-state index in [-0.39, 0.29) is 85.3 Å². The molecule has 0 aliphatic rings. The molecule has 0 fully saturated rings. The van der Waals surface area contributed by atoms with Gasteiger partial charge in [0.15, 0.2) is 0 Å². The van der Waals surface area contributed by atoms with E-state index in [1.165, 1.54) is 0 Å². The van der Waals surface area contributed by atoms with Crippen LogP contribution in [-0.4, -0.2) is 66.5 Å². The van der Waals surface area contributed by atoms with Crippen LogP contribution in [0.15, 0.2) is 0 Å². The summed E-state index contributed by atoms with van der Waals surface area (Å²) in [5.41, 5.74) is 0. The third-order valence-electron chi connectivity index (χ3n) is 0. The third-order valence-corrected chi connectivity index (χ3v) is 0. The monoisotopic (exact) mass is 290 g/mol. The SMILES string of the molecule is [Ba+2].[F-].[F-].[F-].[F-].[GeH2+2]. The first kappa shape index (κ1) is 109. The molecule has 0 saturated carbocycles. The summed E-state index contributed by atoms with van der Waals surface area (Å²) < 4.78 is 0. The van der Waals surface area contributed by atoms with Crippen molar-refractivity contribution in [2.45, 2.75) is 0 Å². The van der Waals surface area contributed by atoms with Gasteiger partial charge in [0, 0.05) is 0 Å². The Morgan fingerprint density at radius 1 is 0.500 bits per heavy atom. The van der Waals surface area contributed by atoms with Crippen LogP contribution in [0.25, 0.3) is 0 Å². The van der Waals surface area contributed by atoms with Crippen molar-refractivity contribution in [1.82, 2.24) is 0 Å². The van der Waals surface area contributed by atoms with E-state index in [1.807, 2.05) is 0 Å². The molecule has 6 heavy (non-hydrogen) atoms. The molecule has 0 amide bonds. The second-order valence-corrected chi connectivity index (χ2v) is 0. The van der Waals surface area contributed by atoms with E-state index in [2.05, 4.69) is 0 Å². The van der Waals surface area contributed by atoms with Crippen molar-refractivity contribution in [3.63, 3.8) is 0 Å². The van der Waals surface area contributed by atoms with E-state index in [0.717, 1.165) is 0 Å². The zero-order chi connectivity index (χ0) is 0. The molecule has 0 heterocycles. The molecule has 0 aliphatic heterocycles. The van der Waals surface area contributed by atoms with Gasteiger partial charge in [0.2, 0.25) is 0 Å². The Hall–Kier alpha value is 1.83. The van der Waals surface area contributed by atoms with E-state index in [1.54, 1.807) is 0 Å². The maximum absolute atomic E-state index is 0. The fourth-order valence-electron chi connectivity index (χ4n) is 0. The summed E-state index contributed by atoms with van der Waals surface area (Å²) in [5, 5.41) is 0. The Balaban J connectivity index is 0. The van der Waals surface area contributed by atoms with Gasteiger partial charge in [-0.3, -0.25) is 0 Å². The Bertz CT molecular complexity index is 7.51. The minimum atomic E-state index is 0. The third kappa shape index (κ3) is 40.5. The van der Waals surface area contributed by atoms with Gasteiger partial charge in [0.25, 0.3) is 0 Å². The molecule has 0 aromatic carbocycles. The molecule has 36 valence electrons. The van der Waals surface area contributed by atoms with Crippen LogP contribution in [0.5, 0.6) is 0 Å². The van der Waals surface area contributed by atoms with Gasteiger partial charge in [0.05, 0.1) is 0 Å². The Morgan fingerprint density at radius 2 is 0.500 bits per heavy atom. The second kappa shape index (κ2) is 69.1. The van der Waals surface area contributed by atoms with Crippen LogP contribution in [0.1, 0.15) is 0 Å². The predicted octanol–water partition coefficient (Wildman–Crippen LogP) is -13.3. The topological polar surface area (TPSA) is 0 Å². The Labute approximate surface area is 84.0 Å². The van der Waals surface area contributed by atoms with E-state index in [9.17, 15) is 0 Å². The number of halogens is 4. The van der Waals surface area contributed by atoms with E-state index < -0.39 is 0 Å². The molecule has 0 aromatic rings.